The largest absolute Gasteiger partial charge is 0.394 e. The zero-order valence-electron chi connectivity index (χ0n) is 11.1. The van der Waals surface area contributed by atoms with Gasteiger partial charge in [-0.1, -0.05) is 60.7 Å². The van der Waals surface area contributed by atoms with Gasteiger partial charge in [0.25, 0.3) is 0 Å². The molecule has 2 heteroatoms. The molecule has 0 amide bonds. The second-order valence-corrected chi connectivity index (χ2v) is 4.56. The fourth-order valence-corrected chi connectivity index (χ4v) is 2.18. The summed E-state index contributed by atoms with van der Waals surface area (Å²) in [4.78, 5) is 0. The molecule has 0 saturated heterocycles. The second kappa shape index (κ2) is 6.21. The summed E-state index contributed by atoms with van der Waals surface area (Å²) >= 11 is 0. The van der Waals surface area contributed by atoms with Crippen molar-refractivity contribution in [2.24, 2.45) is 0 Å². The molecule has 0 radical (unpaired) electrons. The maximum Gasteiger partial charge on any atom is 0.0745 e. The first-order valence-electron chi connectivity index (χ1n) is 6.40. The number of hydrogen-bond donors (Lipinski definition) is 2. The van der Waals surface area contributed by atoms with Gasteiger partial charge in [-0.3, -0.25) is 0 Å². The third kappa shape index (κ3) is 3.04. The Morgan fingerprint density at radius 1 is 1.16 bits per heavy atom. The van der Waals surface area contributed by atoms with E-state index in [1.54, 1.807) is 6.20 Å². The third-order valence-corrected chi connectivity index (χ3v) is 3.20. The molecule has 19 heavy (non-hydrogen) atoms. The molecule has 0 saturated carbocycles. The van der Waals surface area contributed by atoms with Crippen molar-refractivity contribution in [1.82, 2.24) is 5.32 Å². The molecular formula is C17H19NO. The molecule has 0 aromatic heterocycles. The predicted octanol–water partition coefficient (Wildman–Crippen LogP) is 3.43. The van der Waals surface area contributed by atoms with Crippen molar-refractivity contribution < 1.29 is 5.11 Å². The molecule has 1 atom stereocenters. The summed E-state index contributed by atoms with van der Waals surface area (Å²) in [5, 5.41) is 12.6. The van der Waals surface area contributed by atoms with Crippen molar-refractivity contribution in [3.63, 3.8) is 0 Å². The van der Waals surface area contributed by atoms with E-state index in [1.165, 1.54) is 5.56 Å². The molecule has 98 valence electrons. The van der Waals surface area contributed by atoms with Crippen LogP contribution in [0.25, 0.3) is 11.1 Å². The minimum absolute atomic E-state index is 0.0366. The Morgan fingerprint density at radius 3 is 2.47 bits per heavy atom. The lowest BCUT2D eigenvalue weighted by molar-refractivity contribution is 0.255. The van der Waals surface area contributed by atoms with Gasteiger partial charge < -0.3 is 10.4 Å². The van der Waals surface area contributed by atoms with Gasteiger partial charge in [-0.2, -0.15) is 0 Å². The van der Waals surface area contributed by atoms with Crippen LogP contribution in [0.2, 0.25) is 0 Å². The van der Waals surface area contributed by atoms with Crippen molar-refractivity contribution in [3.8, 4) is 11.1 Å². The van der Waals surface area contributed by atoms with Gasteiger partial charge in [0.15, 0.2) is 0 Å². The van der Waals surface area contributed by atoms with Crippen molar-refractivity contribution >= 4 is 0 Å². The fraction of sp³-hybridized carbons (Fsp3) is 0.176. The second-order valence-electron chi connectivity index (χ2n) is 4.56. The highest BCUT2D eigenvalue weighted by Crippen LogP contribution is 2.28. The smallest absolute Gasteiger partial charge is 0.0745 e. The van der Waals surface area contributed by atoms with Crippen LogP contribution in [-0.4, -0.2) is 11.7 Å². The van der Waals surface area contributed by atoms with E-state index >= 15 is 0 Å². The summed E-state index contributed by atoms with van der Waals surface area (Å²) in [5.74, 6) is 0. The molecule has 2 rings (SSSR count). The normalized spacial score (nSPS) is 11.9. The molecule has 2 N–H and O–H groups in total. The molecule has 0 bridgehead atoms. The highest BCUT2D eigenvalue weighted by atomic mass is 16.3. The maximum atomic E-state index is 9.52. The molecule has 2 nitrogen and oxygen atoms in total. The van der Waals surface area contributed by atoms with Crippen LogP contribution < -0.4 is 5.32 Å². The number of aryl methyl sites for hydroxylation is 1. The Morgan fingerprint density at radius 2 is 1.84 bits per heavy atom. The Hall–Kier alpha value is -2.06. The monoisotopic (exact) mass is 253 g/mol. The van der Waals surface area contributed by atoms with Crippen LogP contribution >= 0.6 is 0 Å². The van der Waals surface area contributed by atoms with E-state index in [0.29, 0.717) is 0 Å². The standard InChI is InChI=1S/C17H19NO/c1-3-18-17(12-19)16-7-5-4-6-15(16)14-10-8-13(2)9-11-14/h3-11,17-19H,1,12H2,2H3. The zero-order chi connectivity index (χ0) is 13.7. The van der Waals surface area contributed by atoms with Crippen LogP contribution in [0.1, 0.15) is 17.2 Å². The Balaban J connectivity index is 2.45. The van der Waals surface area contributed by atoms with Crippen molar-refractivity contribution in [3.05, 3.63) is 72.4 Å². The Labute approximate surface area is 114 Å². The number of nitrogens with one attached hydrogen (secondary N) is 1. The van der Waals surface area contributed by atoms with Crippen LogP contribution in [-0.2, 0) is 0 Å². The minimum atomic E-state index is -0.130. The van der Waals surface area contributed by atoms with E-state index < -0.39 is 0 Å². The van der Waals surface area contributed by atoms with Crippen LogP contribution in [0.5, 0.6) is 0 Å². The van der Waals surface area contributed by atoms with E-state index in [4.69, 9.17) is 0 Å². The summed E-state index contributed by atoms with van der Waals surface area (Å²) < 4.78 is 0. The lowest BCUT2D eigenvalue weighted by Gasteiger charge is -2.19. The first-order valence-corrected chi connectivity index (χ1v) is 6.40. The SMILES string of the molecule is C=CNC(CO)c1ccccc1-c1ccc(C)cc1. The van der Waals surface area contributed by atoms with Gasteiger partial charge in [0.1, 0.15) is 0 Å². The van der Waals surface area contributed by atoms with Crippen LogP contribution in [0.15, 0.2) is 61.3 Å². The number of benzene rings is 2. The van der Waals surface area contributed by atoms with Gasteiger partial charge >= 0.3 is 0 Å². The van der Waals surface area contributed by atoms with Crippen molar-refractivity contribution in [2.45, 2.75) is 13.0 Å². The maximum absolute atomic E-state index is 9.52. The van der Waals surface area contributed by atoms with Crippen LogP contribution in [0.4, 0.5) is 0 Å². The quantitative estimate of drug-likeness (QED) is 0.855. The molecule has 0 aliphatic rings. The summed E-state index contributed by atoms with van der Waals surface area (Å²) in [5.41, 5.74) is 4.61. The van der Waals surface area contributed by atoms with Gasteiger partial charge in [-0.05, 0) is 29.8 Å². The predicted molar refractivity (Wildman–Crippen MR) is 79.8 cm³/mol. The van der Waals surface area contributed by atoms with Gasteiger partial charge in [0, 0.05) is 0 Å². The Bertz CT molecular complexity index is 545. The molecule has 2 aromatic rings. The molecule has 0 aliphatic carbocycles. The molecule has 2 aromatic carbocycles. The summed E-state index contributed by atoms with van der Waals surface area (Å²) in [6.07, 6.45) is 1.62. The van der Waals surface area contributed by atoms with E-state index in [-0.39, 0.29) is 12.6 Å². The molecule has 0 aliphatic heterocycles. The summed E-state index contributed by atoms with van der Waals surface area (Å²) in [7, 11) is 0. The highest BCUT2D eigenvalue weighted by Gasteiger charge is 2.13. The van der Waals surface area contributed by atoms with Crippen molar-refractivity contribution in [2.75, 3.05) is 6.61 Å². The molecule has 1 unspecified atom stereocenters. The Kier molecular flexibility index (Phi) is 4.37. The lowest BCUT2D eigenvalue weighted by Crippen LogP contribution is -2.19. The number of aliphatic hydroxyl groups excluding tert-OH is 1. The van der Waals surface area contributed by atoms with Gasteiger partial charge in [0.05, 0.1) is 12.6 Å². The van der Waals surface area contributed by atoms with E-state index in [2.05, 4.69) is 49.2 Å². The zero-order valence-corrected chi connectivity index (χ0v) is 11.1. The number of rotatable bonds is 5. The van der Waals surface area contributed by atoms with Gasteiger partial charge in [-0.25, -0.2) is 0 Å². The van der Waals surface area contributed by atoms with E-state index in [1.807, 2.05) is 18.2 Å². The minimum Gasteiger partial charge on any atom is -0.394 e. The average molecular weight is 253 g/mol. The van der Waals surface area contributed by atoms with Crippen molar-refractivity contribution in [1.29, 1.82) is 0 Å². The number of aliphatic hydroxyl groups is 1. The highest BCUT2D eigenvalue weighted by molar-refractivity contribution is 5.68. The van der Waals surface area contributed by atoms with Crippen LogP contribution in [0, 0.1) is 6.92 Å². The van der Waals surface area contributed by atoms with E-state index in [9.17, 15) is 5.11 Å². The first kappa shape index (κ1) is 13.4. The average Bonchev–Trinajstić information content (AvgIpc) is 2.46. The fourth-order valence-electron chi connectivity index (χ4n) is 2.18. The first-order chi connectivity index (χ1) is 9.26. The van der Waals surface area contributed by atoms with Gasteiger partial charge in [0.2, 0.25) is 0 Å². The number of hydrogen-bond acceptors (Lipinski definition) is 2. The third-order valence-electron chi connectivity index (χ3n) is 3.20. The molecule has 0 spiro atoms. The molecule has 0 heterocycles. The lowest BCUT2D eigenvalue weighted by atomic mass is 9.94. The topological polar surface area (TPSA) is 32.3 Å². The summed E-state index contributed by atoms with van der Waals surface area (Å²) in [6, 6.07) is 16.4. The molecule has 0 fully saturated rings. The molecular weight excluding hydrogens is 234 g/mol. The van der Waals surface area contributed by atoms with Crippen LogP contribution in [0.3, 0.4) is 0 Å². The van der Waals surface area contributed by atoms with Gasteiger partial charge in [-0.15, -0.1) is 0 Å². The summed E-state index contributed by atoms with van der Waals surface area (Å²) in [6.45, 7) is 5.78. The van der Waals surface area contributed by atoms with E-state index in [0.717, 1.165) is 16.7 Å².